The number of carbonyl (C=O) groups is 1. The first kappa shape index (κ1) is 18.7. The Morgan fingerprint density at radius 2 is 2.04 bits per heavy atom. The Hall–Kier alpha value is -2.67. The number of hydrogen-bond donors (Lipinski definition) is 2. The van der Waals surface area contributed by atoms with Crippen LogP contribution in [0.25, 0.3) is 0 Å². The van der Waals surface area contributed by atoms with Crippen LogP contribution in [0, 0.1) is 18.8 Å². The van der Waals surface area contributed by atoms with Crippen LogP contribution in [0.3, 0.4) is 0 Å². The zero-order valence-corrected chi connectivity index (χ0v) is 16.2. The van der Waals surface area contributed by atoms with Crippen LogP contribution in [-0.2, 0) is 4.74 Å². The minimum atomic E-state index is -0.237. The molecular formula is C21H26N4O3. The Morgan fingerprint density at radius 3 is 2.71 bits per heavy atom. The van der Waals surface area contributed by atoms with Gasteiger partial charge in [0.15, 0.2) is 0 Å². The van der Waals surface area contributed by atoms with Crippen molar-refractivity contribution < 1.29 is 9.53 Å². The molecule has 2 fully saturated rings. The van der Waals surface area contributed by atoms with Crippen molar-refractivity contribution in [3.05, 3.63) is 58.1 Å². The van der Waals surface area contributed by atoms with Crippen LogP contribution in [0.15, 0.2) is 41.3 Å². The minimum Gasteiger partial charge on any atom is -0.379 e. The average molecular weight is 382 g/mol. The third-order valence-corrected chi connectivity index (χ3v) is 5.93. The summed E-state index contributed by atoms with van der Waals surface area (Å²) in [6, 6.07) is 9.11. The number of methoxy groups -OCH3 is 1. The fourth-order valence-corrected chi connectivity index (χ4v) is 4.62. The molecular weight excluding hydrogens is 356 g/mol. The Bertz CT molecular complexity index is 898. The number of pyridine rings is 2. The molecule has 7 nitrogen and oxygen atoms in total. The van der Waals surface area contributed by atoms with E-state index in [2.05, 4.69) is 15.3 Å². The molecule has 1 saturated heterocycles. The summed E-state index contributed by atoms with van der Waals surface area (Å²) in [4.78, 5) is 33.6. The highest BCUT2D eigenvalue weighted by Crippen LogP contribution is 2.38. The van der Waals surface area contributed by atoms with Gasteiger partial charge in [0.25, 0.3) is 5.91 Å². The zero-order valence-electron chi connectivity index (χ0n) is 16.2. The van der Waals surface area contributed by atoms with Crippen LogP contribution in [0.5, 0.6) is 0 Å². The molecule has 0 bridgehead atoms. The topological polar surface area (TPSA) is 87.3 Å². The van der Waals surface area contributed by atoms with Gasteiger partial charge in [0, 0.05) is 43.7 Å². The van der Waals surface area contributed by atoms with Gasteiger partial charge in [-0.15, -0.1) is 0 Å². The number of anilines is 1. The highest BCUT2D eigenvalue weighted by atomic mass is 16.5. The number of aromatic nitrogens is 2. The average Bonchev–Trinajstić information content (AvgIpc) is 3.09. The molecule has 1 aliphatic carbocycles. The van der Waals surface area contributed by atoms with E-state index in [-0.39, 0.29) is 23.6 Å². The van der Waals surface area contributed by atoms with Crippen molar-refractivity contribution in [2.45, 2.75) is 31.9 Å². The summed E-state index contributed by atoms with van der Waals surface area (Å²) in [6.45, 7) is 3.22. The van der Waals surface area contributed by atoms with E-state index in [0.717, 1.165) is 18.7 Å². The smallest absolute Gasteiger partial charge is 0.254 e. The van der Waals surface area contributed by atoms with Gasteiger partial charge >= 0.3 is 0 Å². The molecule has 7 heteroatoms. The van der Waals surface area contributed by atoms with Crippen LogP contribution < -0.4 is 10.9 Å². The van der Waals surface area contributed by atoms with E-state index in [0.29, 0.717) is 36.2 Å². The molecule has 2 aromatic rings. The van der Waals surface area contributed by atoms with Gasteiger partial charge in [-0.2, -0.15) is 0 Å². The second-order valence-corrected chi connectivity index (χ2v) is 7.86. The molecule has 2 aromatic heterocycles. The molecule has 0 radical (unpaired) electrons. The number of likely N-dealkylation sites (tertiary alicyclic amines) is 1. The number of fused-ring (bicyclic) bond motifs is 1. The van der Waals surface area contributed by atoms with Gasteiger partial charge in [0.2, 0.25) is 5.56 Å². The maximum Gasteiger partial charge on any atom is 0.254 e. The van der Waals surface area contributed by atoms with E-state index >= 15 is 0 Å². The number of rotatable bonds is 4. The number of H-pyrrole nitrogens is 1. The van der Waals surface area contributed by atoms with Crippen molar-refractivity contribution in [3.63, 3.8) is 0 Å². The Morgan fingerprint density at radius 1 is 1.25 bits per heavy atom. The Kier molecular flexibility index (Phi) is 5.17. The summed E-state index contributed by atoms with van der Waals surface area (Å²) in [7, 11) is 1.75. The number of hydrogen-bond acceptors (Lipinski definition) is 5. The fraction of sp³-hybridized carbons (Fsp3) is 0.476. The van der Waals surface area contributed by atoms with E-state index in [1.165, 1.54) is 6.07 Å². The van der Waals surface area contributed by atoms with Crippen molar-refractivity contribution in [2.75, 3.05) is 25.5 Å². The van der Waals surface area contributed by atoms with E-state index in [1.54, 1.807) is 26.3 Å². The largest absolute Gasteiger partial charge is 0.379 e. The van der Waals surface area contributed by atoms with Crippen LogP contribution in [0.1, 0.15) is 28.9 Å². The molecule has 1 saturated carbocycles. The van der Waals surface area contributed by atoms with Gasteiger partial charge in [-0.3, -0.25) is 9.59 Å². The second-order valence-electron chi connectivity index (χ2n) is 7.86. The van der Waals surface area contributed by atoms with Crippen LogP contribution in [0.4, 0.5) is 5.82 Å². The first-order valence-corrected chi connectivity index (χ1v) is 9.74. The summed E-state index contributed by atoms with van der Waals surface area (Å²) < 4.78 is 5.76. The van der Waals surface area contributed by atoms with Crippen molar-refractivity contribution in [1.29, 1.82) is 0 Å². The van der Waals surface area contributed by atoms with Gasteiger partial charge in [-0.05, 0) is 49.8 Å². The zero-order chi connectivity index (χ0) is 19.7. The first-order chi connectivity index (χ1) is 13.5. The summed E-state index contributed by atoms with van der Waals surface area (Å²) >= 11 is 0. The highest BCUT2D eigenvalue weighted by Gasteiger charge is 2.43. The lowest BCUT2D eigenvalue weighted by atomic mass is 9.77. The molecule has 4 atom stereocenters. The first-order valence-electron chi connectivity index (χ1n) is 9.74. The second kappa shape index (κ2) is 7.75. The monoisotopic (exact) mass is 382 g/mol. The van der Waals surface area contributed by atoms with E-state index in [4.69, 9.17) is 4.74 Å². The fourth-order valence-electron chi connectivity index (χ4n) is 4.62. The van der Waals surface area contributed by atoms with Gasteiger partial charge in [0.05, 0.1) is 12.1 Å². The summed E-state index contributed by atoms with van der Waals surface area (Å²) in [6.07, 6.45) is 3.69. The number of nitrogens with zero attached hydrogens (tertiary/aromatic N) is 2. The lowest BCUT2D eigenvalue weighted by molar-refractivity contribution is 0.0304. The van der Waals surface area contributed by atoms with Gasteiger partial charge < -0.3 is 19.9 Å². The van der Waals surface area contributed by atoms with Crippen LogP contribution >= 0.6 is 0 Å². The molecule has 0 aromatic carbocycles. The number of amides is 1. The van der Waals surface area contributed by atoms with Crippen molar-refractivity contribution >= 4 is 11.7 Å². The minimum absolute atomic E-state index is 0.0631. The van der Waals surface area contributed by atoms with Crippen LogP contribution in [-0.4, -0.2) is 53.1 Å². The van der Waals surface area contributed by atoms with E-state index < -0.39 is 0 Å². The summed E-state index contributed by atoms with van der Waals surface area (Å²) in [5, 5.41) is 3.50. The molecule has 0 unspecified atom stereocenters. The number of aromatic amines is 1. The summed E-state index contributed by atoms with van der Waals surface area (Å²) in [5.41, 5.74) is 0.928. The molecule has 2 N–H and O–H groups in total. The van der Waals surface area contributed by atoms with Gasteiger partial charge in [-0.25, -0.2) is 4.98 Å². The Labute approximate surface area is 164 Å². The quantitative estimate of drug-likeness (QED) is 0.845. The summed E-state index contributed by atoms with van der Waals surface area (Å²) in [5.74, 6) is 1.61. The molecule has 1 aliphatic heterocycles. The predicted molar refractivity (Wildman–Crippen MR) is 106 cm³/mol. The molecule has 3 heterocycles. The Balaban J connectivity index is 1.47. The van der Waals surface area contributed by atoms with Crippen molar-refractivity contribution in [1.82, 2.24) is 14.9 Å². The third-order valence-electron chi connectivity index (χ3n) is 5.93. The third kappa shape index (κ3) is 3.80. The maximum absolute atomic E-state index is 12.9. The molecule has 2 aliphatic rings. The highest BCUT2D eigenvalue weighted by molar-refractivity contribution is 5.94. The number of carbonyl (C=O) groups excluding carboxylic acids is 1. The van der Waals surface area contributed by atoms with Crippen molar-refractivity contribution in [3.8, 4) is 0 Å². The standard InChI is InChI=1S/C21H26N4O3/c1-13-7-14(10-20(26)23-13)21(27)25-11-15-8-17(18(28-2)9-16(15)12-25)24-19-5-3-4-6-22-19/h3-7,10,15-18H,8-9,11-12H2,1-2H3,(H,22,24)(H,23,26)/t15-,16+,17-,18-/m1/s1. The van der Waals surface area contributed by atoms with Crippen molar-refractivity contribution in [2.24, 2.45) is 11.8 Å². The van der Waals surface area contributed by atoms with Gasteiger partial charge in [0.1, 0.15) is 5.82 Å². The lowest BCUT2D eigenvalue weighted by Crippen LogP contribution is -2.44. The van der Waals surface area contributed by atoms with Gasteiger partial charge in [-0.1, -0.05) is 6.07 Å². The maximum atomic E-state index is 12.9. The molecule has 0 spiro atoms. The predicted octanol–water partition coefficient (Wildman–Crippen LogP) is 2.06. The number of nitrogens with one attached hydrogen (secondary N) is 2. The molecule has 1 amide bonds. The van der Waals surface area contributed by atoms with Crippen LogP contribution in [0.2, 0.25) is 0 Å². The SMILES string of the molecule is CO[C@@H]1C[C@H]2CN(C(=O)c3cc(C)[nH]c(=O)c3)C[C@H]2C[C@H]1Nc1ccccn1. The number of ether oxygens (including phenoxy) is 1. The normalized spacial score (nSPS) is 26.7. The molecule has 148 valence electrons. The van der Waals surface area contributed by atoms with E-state index in [1.807, 2.05) is 23.1 Å². The lowest BCUT2D eigenvalue weighted by Gasteiger charge is -2.37. The molecule has 4 rings (SSSR count). The number of aryl methyl sites for hydroxylation is 1. The van der Waals surface area contributed by atoms with E-state index in [9.17, 15) is 9.59 Å². The molecule has 28 heavy (non-hydrogen) atoms.